The van der Waals surface area contributed by atoms with Crippen LogP contribution >= 0.6 is 0 Å². The molecule has 0 bridgehead atoms. The minimum absolute atomic E-state index is 0.430. The topological polar surface area (TPSA) is 33.7 Å². The monoisotopic (exact) mass is 276 g/mol. The number of piperidine rings is 1. The van der Waals surface area contributed by atoms with E-state index in [1.807, 2.05) is 6.07 Å². The Bertz CT molecular complexity index is 453. The number of hydrogen-bond acceptors (Lipinski definition) is 4. The predicted octanol–water partition coefficient (Wildman–Crippen LogP) is 2.33. The van der Waals surface area contributed by atoms with Crippen molar-refractivity contribution in [2.75, 3.05) is 33.9 Å². The number of nitrogens with zero attached hydrogens (tertiary/aromatic N) is 1. The Morgan fingerprint density at radius 3 is 2.60 bits per heavy atom. The second kappa shape index (κ2) is 6.02. The zero-order valence-corrected chi connectivity index (χ0v) is 12.4. The van der Waals surface area contributed by atoms with Crippen LogP contribution in [0.5, 0.6) is 11.5 Å². The number of rotatable bonds is 3. The normalized spacial score (nSPS) is 23.2. The lowest BCUT2D eigenvalue weighted by atomic mass is 9.92. The summed E-state index contributed by atoms with van der Waals surface area (Å²) in [6, 6.07) is 4.59. The van der Waals surface area contributed by atoms with Crippen LogP contribution in [0.25, 0.3) is 0 Å². The molecular weight excluding hydrogens is 252 g/mol. The smallest absolute Gasteiger partial charge is 0.127 e. The third kappa shape index (κ3) is 2.50. The van der Waals surface area contributed by atoms with Gasteiger partial charge in [-0.25, -0.2) is 0 Å². The summed E-state index contributed by atoms with van der Waals surface area (Å²) in [7, 11) is 3.46. The summed E-state index contributed by atoms with van der Waals surface area (Å²) >= 11 is 0. The molecule has 2 heterocycles. The van der Waals surface area contributed by atoms with Crippen LogP contribution in [0.4, 0.5) is 0 Å². The molecule has 0 unspecified atom stereocenters. The van der Waals surface area contributed by atoms with Crippen molar-refractivity contribution in [1.29, 1.82) is 0 Å². The molecule has 0 aromatic heterocycles. The second-order valence-corrected chi connectivity index (χ2v) is 5.65. The summed E-state index contributed by atoms with van der Waals surface area (Å²) in [4.78, 5) is 2.60. The summed E-state index contributed by atoms with van der Waals surface area (Å²) < 4.78 is 11.0. The van der Waals surface area contributed by atoms with Gasteiger partial charge in [-0.1, -0.05) is 6.42 Å². The standard InChI is InChI=1S/C16H24N2O2/c1-19-13-8-12-10-17-11-14(16(12)15(9-13)20-2)18-6-4-3-5-7-18/h8-9,14,17H,3-7,10-11H2,1-2H3/t14-/m0/s1. The third-order valence-electron chi connectivity index (χ3n) is 4.47. The first-order valence-corrected chi connectivity index (χ1v) is 7.53. The first-order valence-electron chi connectivity index (χ1n) is 7.53. The van der Waals surface area contributed by atoms with E-state index in [-0.39, 0.29) is 0 Å². The molecule has 1 N–H and O–H groups in total. The Labute approximate surface area is 121 Å². The molecule has 2 aliphatic heterocycles. The fourth-order valence-corrected chi connectivity index (χ4v) is 3.45. The molecule has 4 nitrogen and oxygen atoms in total. The number of likely N-dealkylation sites (tertiary alicyclic amines) is 1. The van der Waals surface area contributed by atoms with Gasteiger partial charge in [0.1, 0.15) is 11.5 Å². The summed E-state index contributed by atoms with van der Waals surface area (Å²) in [6.07, 6.45) is 3.98. The third-order valence-corrected chi connectivity index (χ3v) is 4.47. The van der Waals surface area contributed by atoms with E-state index in [1.54, 1.807) is 14.2 Å². The molecule has 110 valence electrons. The fraction of sp³-hybridized carbons (Fsp3) is 0.625. The number of methoxy groups -OCH3 is 2. The van der Waals surface area contributed by atoms with Crippen LogP contribution in [0.3, 0.4) is 0 Å². The van der Waals surface area contributed by atoms with Crippen LogP contribution in [0.2, 0.25) is 0 Å². The van der Waals surface area contributed by atoms with Crippen molar-refractivity contribution >= 4 is 0 Å². The largest absolute Gasteiger partial charge is 0.497 e. The molecule has 0 amide bonds. The fourth-order valence-electron chi connectivity index (χ4n) is 3.45. The molecule has 0 radical (unpaired) electrons. The maximum atomic E-state index is 5.64. The van der Waals surface area contributed by atoms with Gasteiger partial charge in [-0.2, -0.15) is 0 Å². The lowest BCUT2D eigenvalue weighted by molar-refractivity contribution is 0.151. The summed E-state index contributed by atoms with van der Waals surface area (Å²) in [6.45, 7) is 4.30. The van der Waals surface area contributed by atoms with Gasteiger partial charge in [0.2, 0.25) is 0 Å². The van der Waals surface area contributed by atoms with E-state index < -0.39 is 0 Å². The van der Waals surface area contributed by atoms with Crippen molar-refractivity contribution in [2.45, 2.75) is 31.8 Å². The number of ether oxygens (including phenoxy) is 2. The maximum Gasteiger partial charge on any atom is 0.127 e. The summed E-state index contributed by atoms with van der Waals surface area (Å²) in [5, 5.41) is 3.54. The van der Waals surface area contributed by atoms with Crippen LogP contribution in [-0.4, -0.2) is 38.8 Å². The van der Waals surface area contributed by atoms with Crippen LogP contribution in [0.1, 0.15) is 36.4 Å². The zero-order valence-electron chi connectivity index (χ0n) is 12.4. The van der Waals surface area contributed by atoms with Crippen molar-refractivity contribution in [2.24, 2.45) is 0 Å². The lowest BCUT2D eigenvalue weighted by Crippen LogP contribution is -2.42. The molecule has 1 fully saturated rings. The van der Waals surface area contributed by atoms with Crippen LogP contribution in [-0.2, 0) is 6.54 Å². The van der Waals surface area contributed by atoms with Gasteiger partial charge in [0.15, 0.2) is 0 Å². The molecule has 2 aliphatic rings. The highest BCUT2D eigenvalue weighted by atomic mass is 16.5. The van der Waals surface area contributed by atoms with Gasteiger partial charge >= 0.3 is 0 Å². The van der Waals surface area contributed by atoms with Gasteiger partial charge in [-0.3, -0.25) is 4.90 Å². The summed E-state index contributed by atoms with van der Waals surface area (Å²) in [5.74, 6) is 1.85. The molecule has 1 atom stereocenters. The van der Waals surface area contributed by atoms with E-state index in [2.05, 4.69) is 16.3 Å². The van der Waals surface area contributed by atoms with Crippen molar-refractivity contribution in [3.8, 4) is 11.5 Å². The van der Waals surface area contributed by atoms with E-state index in [0.29, 0.717) is 6.04 Å². The highest BCUT2D eigenvalue weighted by Gasteiger charge is 2.30. The molecule has 1 saturated heterocycles. The van der Waals surface area contributed by atoms with Crippen molar-refractivity contribution in [3.05, 3.63) is 23.3 Å². The second-order valence-electron chi connectivity index (χ2n) is 5.65. The Hall–Kier alpha value is -1.26. The zero-order chi connectivity index (χ0) is 13.9. The maximum absolute atomic E-state index is 5.64. The van der Waals surface area contributed by atoms with Gasteiger partial charge < -0.3 is 14.8 Å². The lowest BCUT2D eigenvalue weighted by Gasteiger charge is -2.39. The predicted molar refractivity (Wildman–Crippen MR) is 79.4 cm³/mol. The average Bonchev–Trinajstić information content (AvgIpc) is 2.53. The Balaban J connectivity index is 1.97. The molecular formula is C16H24N2O2. The van der Waals surface area contributed by atoms with E-state index in [4.69, 9.17) is 9.47 Å². The molecule has 0 spiro atoms. The molecule has 0 aliphatic carbocycles. The average molecular weight is 276 g/mol. The first-order chi connectivity index (χ1) is 9.83. The molecule has 3 rings (SSSR count). The highest BCUT2D eigenvalue weighted by molar-refractivity contribution is 5.49. The Kier molecular flexibility index (Phi) is 4.13. The van der Waals surface area contributed by atoms with Crippen LogP contribution < -0.4 is 14.8 Å². The van der Waals surface area contributed by atoms with E-state index in [9.17, 15) is 0 Å². The van der Waals surface area contributed by atoms with Gasteiger partial charge in [0, 0.05) is 24.7 Å². The number of hydrogen-bond donors (Lipinski definition) is 1. The summed E-state index contributed by atoms with van der Waals surface area (Å²) in [5.41, 5.74) is 2.66. The molecule has 4 heteroatoms. The van der Waals surface area contributed by atoms with Crippen LogP contribution in [0, 0.1) is 0 Å². The quantitative estimate of drug-likeness (QED) is 0.919. The number of fused-ring (bicyclic) bond motifs is 1. The van der Waals surface area contributed by atoms with Gasteiger partial charge in [-0.15, -0.1) is 0 Å². The Morgan fingerprint density at radius 2 is 1.90 bits per heavy atom. The van der Waals surface area contributed by atoms with Gasteiger partial charge in [0.05, 0.1) is 20.3 Å². The van der Waals surface area contributed by atoms with E-state index in [1.165, 1.54) is 43.5 Å². The molecule has 0 saturated carbocycles. The number of nitrogens with one attached hydrogen (secondary N) is 1. The van der Waals surface area contributed by atoms with E-state index >= 15 is 0 Å². The van der Waals surface area contributed by atoms with Crippen molar-refractivity contribution in [1.82, 2.24) is 10.2 Å². The first kappa shape index (κ1) is 13.7. The van der Waals surface area contributed by atoms with Gasteiger partial charge in [-0.05, 0) is 37.6 Å². The van der Waals surface area contributed by atoms with Gasteiger partial charge in [0.25, 0.3) is 0 Å². The molecule has 1 aromatic carbocycles. The SMILES string of the molecule is COc1cc2c(c(OC)c1)[C@@H](N1CCCCC1)CNC2. The highest BCUT2D eigenvalue weighted by Crippen LogP contribution is 2.38. The van der Waals surface area contributed by atoms with E-state index in [0.717, 1.165) is 24.6 Å². The van der Waals surface area contributed by atoms with Crippen molar-refractivity contribution in [3.63, 3.8) is 0 Å². The molecule has 1 aromatic rings. The molecule has 20 heavy (non-hydrogen) atoms. The minimum Gasteiger partial charge on any atom is -0.497 e. The number of benzene rings is 1. The minimum atomic E-state index is 0.430. The van der Waals surface area contributed by atoms with Crippen molar-refractivity contribution < 1.29 is 9.47 Å². The van der Waals surface area contributed by atoms with Crippen LogP contribution in [0.15, 0.2) is 12.1 Å². The Morgan fingerprint density at radius 1 is 1.10 bits per heavy atom.